The van der Waals surface area contributed by atoms with Crippen molar-refractivity contribution in [3.63, 3.8) is 0 Å². The fourth-order valence-corrected chi connectivity index (χ4v) is 1.88. The van der Waals surface area contributed by atoms with E-state index in [-0.39, 0.29) is 52.1 Å². The Morgan fingerprint density at radius 3 is 1.59 bits per heavy atom. The molecule has 1 aliphatic rings. The quantitative estimate of drug-likeness (QED) is 0.519. The predicted octanol–water partition coefficient (Wildman–Crippen LogP) is -1.58. The third kappa shape index (κ3) is 5.38. The molecule has 97 valence electrons. The van der Waals surface area contributed by atoms with Gasteiger partial charge in [-0.05, 0) is 26.7 Å². The maximum atomic E-state index is 4.81. The molecule has 1 aliphatic carbocycles. The van der Waals surface area contributed by atoms with Gasteiger partial charge in [-0.2, -0.15) is 5.70 Å². The third-order valence-corrected chi connectivity index (χ3v) is 3.05. The van der Waals surface area contributed by atoms with Crippen molar-refractivity contribution in [2.75, 3.05) is 0 Å². The summed E-state index contributed by atoms with van der Waals surface area (Å²) in [6, 6.07) is 0. The average Bonchev–Trinajstić information content (AvgIpc) is 2.20. The van der Waals surface area contributed by atoms with Crippen molar-refractivity contribution in [2.24, 2.45) is 5.92 Å². The van der Waals surface area contributed by atoms with Crippen LogP contribution >= 0.6 is 0 Å². The number of hydrogen-bond donors (Lipinski definition) is 0. The Morgan fingerprint density at radius 1 is 0.941 bits per heavy atom. The van der Waals surface area contributed by atoms with Crippen LogP contribution in [0.3, 0.4) is 0 Å². The molecule has 0 spiro atoms. The summed E-state index contributed by atoms with van der Waals surface area (Å²) in [6.45, 7) is 15.3. The number of halogens is 2. The fourth-order valence-electron chi connectivity index (χ4n) is 1.88. The standard InChI is InChI=1S/C13H22N.2ClH.Ti/c1-8-9(2)11(4)12(10(8)3)14-13(5,6)7;;;/h10H,1-7H3;2*1H;/q-1;;;+3/p-2. The molecule has 17 heavy (non-hydrogen) atoms. The molecule has 1 atom stereocenters. The van der Waals surface area contributed by atoms with E-state index in [9.17, 15) is 0 Å². The Labute approximate surface area is 134 Å². The molecule has 4 heteroatoms. The molecule has 0 aromatic rings. The summed E-state index contributed by atoms with van der Waals surface area (Å²) in [5.41, 5.74) is 5.61. The predicted molar refractivity (Wildman–Crippen MR) is 63.4 cm³/mol. The molecule has 1 unspecified atom stereocenters. The summed E-state index contributed by atoms with van der Waals surface area (Å²) in [4.78, 5) is 0. The topological polar surface area (TPSA) is 14.1 Å². The first kappa shape index (κ1) is 22.7. The normalized spacial score (nSPS) is 19.4. The second-order valence-electron chi connectivity index (χ2n) is 5.32. The van der Waals surface area contributed by atoms with Crippen molar-refractivity contribution in [3.8, 4) is 0 Å². The van der Waals surface area contributed by atoms with Crippen molar-refractivity contribution in [1.29, 1.82) is 0 Å². The van der Waals surface area contributed by atoms with Crippen LogP contribution in [0.1, 0.15) is 48.5 Å². The van der Waals surface area contributed by atoms with Gasteiger partial charge in [-0.1, -0.05) is 44.4 Å². The fraction of sp³-hybridized carbons (Fsp3) is 0.692. The van der Waals surface area contributed by atoms with Crippen LogP contribution in [-0.4, -0.2) is 5.54 Å². The van der Waals surface area contributed by atoms with Gasteiger partial charge in [0.1, 0.15) is 0 Å². The van der Waals surface area contributed by atoms with Crippen molar-refractivity contribution in [1.82, 2.24) is 0 Å². The third-order valence-electron chi connectivity index (χ3n) is 3.05. The molecule has 0 saturated heterocycles. The van der Waals surface area contributed by atoms with Gasteiger partial charge in [0.05, 0.1) is 0 Å². The number of nitrogens with zero attached hydrogens (tertiary/aromatic N) is 1. The van der Waals surface area contributed by atoms with Crippen LogP contribution in [0.25, 0.3) is 5.32 Å². The van der Waals surface area contributed by atoms with E-state index in [2.05, 4.69) is 48.5 Å². The van der Waals surface area contributed by atoms with Crippen LogP contribution in [0.5, 0.6) is 0 Å². The Bertz CT molecular complexity index is 314. The zero-order chi connectivity index (χ0) is 11.1. The first-order valence-electron chi connectivity index (χ1n) is 5.35. The summed E-state index contributed by atoms with van der Waals surface area (Å²) < 4.78 is 0. The zero-order valence-electron chi connectivity index (χ0n) is 11.8. The molecule has 0 bridgehead atoms. The van der Waals surface area contributed by atoms with Gasteiger partial charge in [0.2, 0.25) is 0 Å². The minimum absolute atomic E-state index is 0. The van der Waals surface area contributed by atoms with Gasteiger partial charge in [-0.15, -0.1) is 5.54 Å². The molecule has 0 aromatic heterocycles. The molecule has 0 N–H and O–H groups in total. The minimum Gasteiger partial charge on any atom is -1.00 e. The Balaban J connectivity index is -0.000000653. The molecule has 0 saturated carbocycles. The van der Waals surface area contributed by atoms with E-state index in [1.165, 1.54) is 22.4 Å². The smallest absolute Gasteiger partial charge is 1.00 e. The number of rotatable bonds is 1. The molecule has 0 heterocycles. The molecule has 1 nitrogen and oxygen atoms in total. The van der Waals surface area contributed by atoms with Gasteiger partial charge in [0.15, 0.2) is 0 Å². The summed E-state index contributed by atoms with van der Waals surface area (Å²) in [5, 5.41) is 4.81. The first-order chi connectivity index (χ1) is 6.24. The van der Waals surface area contributed by atoms with E-state index >= 15 is 0 Å². The maximum Gasteiger partial charge on any atom is 3.00 e. The van der Waals surface area contributed by atoms with Crippen molar-refractivity contribution in [3.05, 3.63) is 27.7 Å². The van der Waals surface area contributed by atoms with Gasteiger partial charge >= 0.3 is 21.7 Å². The average molecular weight is 311 g/mol. The SMILES string of the molecule is CC1=C(C)C(C)C([N-]C(C)(C)C)=C1C.[Cl-].[Cl-].[Ti+3]. The molecular weight excluding hydrogens is 289 g/mol. The number of hydrogen-bond acceptors (Lipinski definition) is 0. The van der Waals surface area contributed by atoms with E-state index in [0.29, 0.717) is 5.92 Å². The summed E-state index contributed by atoms with van der Waals surface area (Å²) in [5.74, 6) is 0.509. The molecule has 0 aromatic carbocycles. The zero-order valence-corrected chi connectivity index (χ0v) is 14.9. The van der Waals surface area contributed by atoms with Crippen LogP contribution in [-0.2, 0) is 21.7 Å². The van der Waals surface area contributed by atoms with Crippen LogP contribution < -0.4 is 24.8 Å². The van der Waals surface area contributed by atoms with Crippen molar-refractivity contribution in [2.45, 2.75) is 54.0 Å². The van der Waals surface area contributed by atoms with E-state index < -0.39 is 0 Å². The van der Waals surface area contributed by atoms with Gasteiger partial charge in [0, 0.05) is 0 Å². The van der Waals surface area contributed by atoms with Crippen LogP contribution in [0.2, 0.25) is 0 Å². The molecule has 0 aliphatic heterocycles. The van der Waals surface area contributed by atoms with E-state index in [1.54, 1.807) is 0 Å². The molecule has 0 fully saturated rings. The van der Waals surface area contributed by atoms with E-state index in [1.807, 2.05) is 0 Å². The van der Waals surface area contributed by atoms with Crippen LogP contribution in [0.15, 0.2) is 22.4 Å². The summed E-state index contributed by atoms with van der Waals surface area (Å²) in [7, 11) is 0. The van der Waals surface area contributed by atoms with E-state index in [0.717, 1.165) is 0 Å². The van der Waals surface area contributed by atoms with Crippen LogP contribution in [0.4, 0.5) is 0 Å². The van der Waals surface area contributed by atoms with Crippen LogP contribution in [0, 0.1) is 5.92 Å². The van der Waals surface area contributed by atoms with Gasteiger partial charge < -0.3 is 30.1 Å². The molecule has 0 amide bonds. The second-order valence-corrected chi connectivity index (χ2v) is 5.32. The Morgan fingerprint density at radius 2 is 1.35 bits per heavy atom. The Hall–Kier alpha value is 0.574. The van der Waals surface area contributed by atoms with Gasteiger partial charge in [-0.25, -0.2) is 0 Å². The largest absolute Gasteiger partial charge is 3.00 e. The minimum atomic E-state index is 0. The van der Waals surface area contributed by atoms with Gasteiger partial charge in [0.25, 0.3) is 0 Å². The van der Waals surface area contributed by atoms with Crippen molar-refractivity contribution < 1.29 is 46.5 Å². The Kier molecular flexibility index (Phi) is 10.5. The summed E-state index contributed by atoms with van der Waals surface area (Å²) in [6.07, 6.45) is 0. The molecule has 1 radical (unpaired) electrons. The monoisotopic (exact) mass is 310 g/mol. The first-order valence-corrected chi connectivity index (χ1v) is 5.35. The second kappa shape index (κ2) is 7.89. The van der Waals surface area contributed by atoms with E-state index in [4.69, 9.17) is 5.32 Å². The van der Waals surface area contributed by atoms with Crippen molar-refractivity contribution >= 4 is 0 Å². The van der Waals surface area contributed by atoms with Gasteiger partial charge in [-0.3, -0.25) is 0 Å². The maximum absolute atomic E-state index is 4.81. The molecular formula is C13H22Cl2NTi. The summed E-state index contributed by atoms with van der Waals surface area (Å²) >= 11 is 0. The molecule has 1 rings (SSSR count). The number of allylic oxidation sites excluding steroid dienone is 3.